The molecule has 116 valence electrons. The van der Waals surface area contributed by atoms with Crippen molar-refractivity contribution in [3.05, 3.63) is 78.2 Å². The zero-order valence-electron chi connectivity index (χ0n) is 13.1. The van der Waals surface area contributed by atoms with Crippen LogP contribution in [0.3, 0.4) is 0 Å². The summed E-state index contributed by atoms with van der Waals surface area (Å²) in [5.41, 5.74) is 3.79. The third-order valence-corrected chi connectivity index (χ3v) is 3.65. The molecule has 2 aromatic heterocycles. The Hall–Kier alpha value is -2.72. The Kier molecular flexibility index (Phi) is 4.64. The molecule has 3 rings (SSSR count). The van der Waals surface area contributed by atoms with Crippen LogP contribution in [0, 0.1) is 0 Å². The van der Waals surface area contributed by atoms with E-state index in [2.05, 4.69) is 22.1 Å². The number of hydrogen-bond acceptors (Lipinski definition) is 4. The summed E-state index contributed by atoms with van der Waals surface area (Å²) < 4.78 is 11.1. The van der Waals surface area contributed by atoms with Gasteiger partial charge in [0, 0.05) is 30.6 Å². The summed E-state index contributed by atoms with van der Waals surface area (Å²) in [6.07, 6.45) is 3.23. The van der Waals surface area contributed by atoms with E-state index in [1.54, 1.807) is 20.4 Å². The number of rotatable bonds is 5. The van der Waals surface area contributed by atoms with E-state index >= 15 is 0 Å². The maximum Gasteiger partial charge on any atom is 0.219 e. The first-order chi connectivity index (χ1) is 11.3. The molecule has 2 heterocycles. The van der Waals surface area contributed by atoms with Crippen LogP contribution in [0.15, 0.2) is 67.0 Å². The van der Waals surface area contributed by atoms with E-state index < -0.39 is 0 Å². The molecule has 0 amide bonds. The summed E-state index contributed by atoms with van der Waals surface area (Å²) in [5.74, 6) is 0.544. The van der Waals surface area contributed by atoms with Gasteiger partial charge in [-0.05, 0) is 23.8 Å². The van der Waals surface area contributed by atoms with Crippen molar-refractivity contribution >= 4 is 0 Å². The van der Waals surface area contributed by atoms with Crippen molar-refractivity contribution in [1.82, 2.24) is 9.97 Å². The van der Waals surface area contributed by atoms with Gasteiger partial charge in [0.15, 0.2) is 0 Å². The zero-order valence-corrected chi connectivity index (χ0v) is 13.1. The molecule has 0 saturated carbocycles. The molecular weight excluding hydrogens is 288 g/mol. The fourth-order valence-corrected chi connectivity index (χ4v) is 2.55. The van der Waals surface area contributed by atoms with Gasteiger partial charge in [-0.3, -0.25) is 4.98 Å². The molecule has 1 aromatic carbocycles. The minimum atomic E-state index is -0.331. The number of hydrogen-bond donors (Lipinski definition) is 0. The van der Waals surface area contributed by atoms with E-state index in [-0.39, 0.29) is 6.10 Å². The highest BCUT2D eigenvalue weighted by atomic mass is 16.5. The third-order valence-electron chi connectivity index (χ3n) is 3.65. The second kappa shape index (κ2) is 7.03. The van der Waals surface area contributed by atoms with Crippen LogP contribution in [0.5, 0.6) is 5.88 Å². The molecule has 0 bridgehead atoms. The molecule has 4 nitrogen and oxygen atoms in total. The van der Waals surface area contributed by atoms with Crippen molar-refractivity contribution in [3.63, 3.8) is 0 Å². The number of benzene rings is 1. The fraction of sp³-hybridized carbons (Fsp3) is 0.158. The van der Waals surface area contributed by atoms with Crippen LogP contribution in [0.1, 0.15) is 17.4 Å². The zero-order chi connectivity index (χ0) is 16.1. The van der Waals surface area contributed by atoms with Crippen LogP contribution in [0.4, 0.5) is 0 Å². The van der Waals surface area contributed by atoms with E-state index in [1.807, 2.05) is 48.7 Å². The maximum absolute atomic E-state index is 5.67. The van der Waals surface area contributed by atoms with Crippen LogP contribution in [0.25, 0.3) is 11.1 Å². The summed E-state index contributed by atoms with van der Waals surface area (Å²) >= 11 is 0. The van der Waals surface area contributed by atoms with Crippen LogP contribution in [-0.4, -0.2) is 24.2 Å². The first-order valence-corrected chi connectivity index (χ1v) is 7.36. The summed E-state index contributed by atoms with van der Waals surface area (Å²) in [6.45, 7) is 0. The highest BCUT2D eigenvalue weighted by Crippen LogP contribution is 2.33. The fourth-order valence-electron chi connectivity index (χ4n) is 2.55. The van der Waals surface area contributed by atoms with Gasteiger partial charge >= 0.3 is 0 Å². The van der Waals surface area contributed by atoms with Gasteiger partial charge in [0.05, 0.1) is 12.8 Å². The average molecular weight is 306 g/mol. The monoisotopic (exact) mass is 306 g/mol. The molecular formula is C19H18N2O2. The molecule has 4 heteroatoms. The molecule has 0 fully saturated rings. The van der Waals surface area contributed by atoms with Crippen molar-refractivity contribution in [2.75, 3.05) is 14.2 Å². The lowest BCUT2D eigenvalue weighted by Crippen LogP contribution is -2.08. The highest BCUT2D eigenvalue weighted by Gasteiger charge is 2.21. The Morgan fingerprint density at radius 1 is 0.870 bits per heavy atom. The topological polar surface area (TPSA) is 44.2 Å². The highest BCUT2D eigenvalue weighted by molar-refractivity contribution is 5.64. The first kappa shape index (κ1) is 15.2. The lowest BCUT2D eigenvalue weighted by Gasteiger charge is -2.18. The van der Waals surface area contributed by atoms with Crippen molar-refractivity contribution in [1.29, 1.82) is 0 Å². The third kappa shape index (κ3) is 3.22. The van der Waals surface area contributed by atoms with E-state index in [4.69, 9.17) is 9.47 Å². The summed E-state index contributed by atoms with van der Waals surface area (Å²) in [6, 6.07) is 17.9. The standard InChI is InChI=1S/C19H18N2O2/c1-22-18(17-10-6-7-11-20-17)16-12-15(13-21-19(16)23-2)14-8-4-3-5-9-14/h3-13,18H,1-2H3. The summed E-state index contributed by atoms with van der Waals surface area (Å²) in [7, 11) is 3.27. The van der Waals surface area contributed by atoms with Crippen molar-refractivity contribution in [3.8, 4) is 17.0 Å². The second-order valence-corrected chi connectivity index (χ2v) is 5.06. The molecule has 3 aromatic rings. The molecule has 0 saturated heterocycles. The molecule has 0 N–H and O–H groups in total. The predicted molar refractivity (Wildman–Crippen MR) is 89.3 cm³/mol. The quantitative estimate of drug-likeness (QED) is 0.717. The predicted octanol–water partition coefficient (Wildman–Crippen LogP) is 3.89. The Labute approximate surface area is 135 Å². The largest absolute Gasteiger partial charge is 0.481 e. The van der Waals surface area contributed by atoms with Crippen molar-refractivity contribution in [2.24, 2.45) is 0 Å². The minimum Gasteiger partial charge on any atom is -0.481 e. The second-order valence-electron chi connectivity index (χ2n) is 5.06. The Morgan fingerprint density at radius 2 is 1.65 bits per heavy atom. The molecule has 1 unspecified atom stereocenters. The number of methoxy groups -OCH3 is 2. The van der Waals surface area contributed by atoms with Crippen LogP contribution >= 0.6 is 0 Å². The molecule has 1 atom stereocenters. The van der Waals surface area contributed by atoms with Gasteiger partial charge in [-0.2, -0.15) is 0 Å². The van der Waals surface area contributed by atoms with E-state index in [0.29, 0.717) is 5.88 Å². The van der Waals surface area contributed by atoms with Gasteiger partial charge in [0.1, 0.15) is 6.10 Å². The van der Waals surface area contributed by atoms with Crippen LogP contribution in [0.2, 0.25) is 0 Å². The van der Waals surface area contributed by atoms with E-state index in [9.17, 15) is 0 Å². The van der Waals surface area contributed by atoms with Crippen molar-refractivity contribution < 1.29 is 9.47 Å². The van der Waals surface area contributed by atoms with Gasteiger partial charge in [-0.15, -0.1) is 0 Å². The van der Waals surface area contributed by atoms with Gasteiger partial charge < -0.3 is 9.47 Å². The summed E-state index contributed by atoms with van der Waals surface area (Å²) in [4.78, 5) is 8.83. The van der Waals surface area contributed by atoms with E-state index in [0.717, 1.165) is 22.4 Å². The SMILES string of the molecule is COc1ncc(-c2ccccc2)cc1C(OC)c1ccccn1. The molecule has 0 aliphatic carbocycles. The van der Waals surface area contributed by atoms with Gasteiger partial charge in [-0.25, -0.2) is 4.98 Å². The molecule has 0 aliphatic rings. The van der Waals surface area contributed by atoms with E-state index in [1.165, 1.54) is 0 Å². The Balaban J connectivity index is 2.09. The van der Waals surface area contributed by atoms with Gasteiger partial charge in [-0.1, -0.05) is 36.4 Å². The van der Waals surface area contributed by atoms with Gasteiger partial charge in [0.25, 0.3) is 0 Å². The molecule has 0 radical (unpaired) electrons. The number of pyridine rings is 2. The summed E-state index contributed by atoms with van der Waals surface area (Å²) in [5, 5.41) is 0. The smallest absolute Gasteiger partial charge is 0.219 e. The molecule has 0 aliphatic heterocycles. The first-order valence-electron chi connectivity index (χ1n) is 7.36. The Morgan fingerprint density at radius 3 is 2.30 bits per heavy atom. The van der Waals surface area contributed by atoms with Crippen LogP contribution < -0.4 is 4.74 Å². The number of aromatic nitrogens is 2. The van der Waals surface area contributed by atoms with Crippen LogP contribution in [-0.2, 0) is 4.74 Å². The van der Waals surface area contributed by atoms with Gasteiger partial charge in [0.2, 0.25) is 5.88 Å². The molecule has 23 heavy (non-hydrogen) atoms. The average Bonchev–Trinajstić information content (AvgIpc) is 2.64. The normalized spacial score (nSPS) is 11.9. The minimum absolute atomic E-state index is 0.331. The maximum atomic E-state index is 5.67. The molecule has 0 spiro atoms. The Bertz CT molecular complexity index is 761. The van der Waals surface area contributed by atoms with Crippen molar-refractivity contribution in [2.45, 2.75) is 6.10 Å². The number of nitrogens with zero attached hydrogens (tertiary/aromatic N) is 2. The number of ether oxygens (including phenoxy) is 2. The lowest BCUT2D eigenvalue weighted by atomic mass is 10.0. The lowest BCUT2D eigenvalue weighted by molar-refractivity contribution is 0.129.